The summed E-state index contributed by atoms with van der Waals surface area (Å²) in [6.07, 6.45) is 3.42. The average molecular weight is 481 g/mol. The van der Waals surface area contributed by atoms with Gasteiger partial charge in [0, 0.05) is 43.3 Å². The number of methoxy groups -OCH3 is 1. The molecule has 11 nitrogen and oxygen atoms in total. The van der Waals surface area contributed by atoms with Crippen LogP contribution in [-0.4, -0.2) is 69.9 Å². The van der Waals surface area contributed by atoms with Crippen molar-refractivity contribution in [3.05, 3.63) is 45.9 Å². The van der Waals surface area contributed by atoms with E-state index in [0.717, 1.165) is 31.5 Å². The molecule has 4 N–H and O–H groups in total. The Hall–Kier alpha value is -3.73. The molecule has 1 amide bonds. The standard InChI is InChI=1S/C24H32N8O3/c1-4-5-15(2)28-21-20-18(29-24(25)30-21)13-27-32(23(20)34)14-17-7-6-16(12-19(17)35-3)22(33)31-10-8-26-9-11-31/h6-7,12-13,15,26H,4-5,8-11,14H2,1-3H3,(H3,25,28,29,30)/t15-/m0/s1. The molecule has 3 aromatic rings. The zero-order valence-corrected chi connectivity index (χ0v) is 20.4. The number of nitrogens with two attached hydrogens (primary N) is 1. The molecule has 3 heterocycles. The number of amides is 1. The number of hydrogen-bond acceptors (Lipinski definition) is 9. The van der Waals surface area contributed by atoms with E-state index in [0.29, 0.717) is 41.1 Å². The normalized spacial score (nSPS) is 14.7. The summed E-state index contributed by atoms with van der Waals surface area (Å²) in [5.74, 6) is 0.958. The lowest BCUT2D eigenvalue weighted by Gasteiger charge is -2.27. The van der Waals surface area contributed by atoms with Gasteiger partial charge in [-0.15, -0.1) is 0 Å². The van der Waals surface area contributed by atoms with E-state index in [1.807, 2.05) is 11.8 Å². The van der Waals surface area contributed by atoms with Crippen molar-refractivity contribution in [1.29, 1.82) is 0 Å². The summed E-state index contributed by atoms with van der Waals surface area (Å²) in [5.41, 5.74) is 7.19. The van der Waals surface area contributed by atoms with Crippen LogP contribution in [0.15, 0.2) is 29.2 Å². The fourth-order valence-corrected chi connectivity index (χ4v) is 4.28. The highest BCUT2D eigenvalue weighted by molar-refractivity contribution is 5.95. The van der Waals surface area contributed by atoms with Gasteiger partial charge in [-0.05, 0) is 25.5 Å². The van der Waals surface area contributed by atoms with Gasteiger partial charge < -0.3 is 26.0 Å². The molecule has 0 aliphatic carbocycles. The predicted molar refractivity (Wildman–Crippen MR) is 135 cm³/mol. The highest BCUT2D eigenvalue weighted by Gasteiger charge is 2.20. The van der Waals surface area contributed by atoms with Crippen molar-refractivity contribution in [1.82, 2.24) is 30.0 Å². The largest absolute Gasteiger partial charge is 0.496 e. The summed E-state index contributed by atoms with van der Waals surface area (Å²) in [6.45, 7) is 7.17. The number of hydrogen-bond donors (Lipinski definition) is 3. The van der Waals surface area contributed by atoms with Gasteiger partial charge >= 0.3 is 0 Å². The highest BCUT2D eigenvalue weighted by Crippen LogP contribution is 2.23. The van der Waals surface area contributed by atoms with Crippen molar-refractivity contribution in [2.24, 2.45) is 0 Å². The number of anilines is 2. The van der Waals surface area contributed by atoms with Crippen molar-refractivity contribution >= 4 is 28.6 Å². The third-order valence-corrected chi connectivity index (χ3v) is 6.09. The van der Waals surface area contributed by atoms with E-state index in [1.54, 1.807) is 25.3 Å². The van der Waals surface area contributed by atoms with Gasteiger partial charge in [-0.25, -0.2) is 9.67 Å². The van der Waals surface area contributed by atoms with E-state index in [-0.39, 0.29) is 30.0 Å². The SMILES string of the molecule is CCC[C@H](C)Nc1nc(N)nc2cnn(Cc3ccc(C(=O)N4CCNCC4)cc3OC)c(=O)c12. The van der Waals surface area contributed by atoms with Crippen molar-refractivity contribution in [2.45, 2.75) is 39.3 Å². The third-order valence-electron chi connectivity index (χ3n) is 6.09. The smallest absolute Gasteiger partial charge is 0.280 e. The molecule has 1 aliphatic heterocycles. The molecule has 1 aliphatic rings. The second-order valence-corrected chi connectivity index (χ2v) is 8.70. The average Bonchev–Trinajstić information content (AvgIpc) is 2.85. The fourth-order valence-electron chi connectivity index (χ4n) is 4.28. The molecule has 0 spiro atoms. The van der Waals surface area contributed by atoms with Gasteiger partial charge in [-0.1, -0.05) is 19.4 Å². The zero-order valence-electron chi connectivity index (χ0n) is 20.4. The Kier molecular flexibility index (Phi) is 7.45. The first-order valence-corrected chi connectivity index (χ1v) is 11.9. The number of rotatable bonds is 8. The second-order valence-electron chi connectivity index (χ2n) is 8.70. The van der Waals surface area contributed by atoms with Crippen molar-refractivity contribution in [3.8, 4) is 5.75 Å². The van der Waals surface area contributed by atoms with Crippen LogP contribution in [0, 0.1) is 0 Å². The van der Waals surface area contributed by atoms with Crippen LogP contribution in [0.5, 0.6) is 5.75 Å². The first-order valence-electron chi connectivity index (χ1n) is 11.9. The maximum atomic E-state index is 13.4. The van der Waals surface area contributed by atoms with E-state index >= 15 is 0 Å². The summed E-state index contributed by atoms with van der Waals surface area (Å²) in [7, 11) is 1.54. The fraction of sp³-hybridized carbons (Fsp3) is 0.458. The molecule has 1 fully saturated rings. The first kappa shape index (κ1) is 24.4. The number of carbonyl (C=O) groups excluding carboxylic acids is 1. The number of ether oxygens (including phenoxy) is 1. The molecule has 4 rings (SSSR count). The lowest BCUT2D eigenvalue weighted by Crippen LogP contribution is -2.46. The van der Waals surface area contributed by atoms with Crippen LogP contribution in [0.3, 0.4) is 0 Å². The van der Waals surface area contributed by atoms with Gasteiger partial charge in [0.1, 0.15) is 22.5 Å². The quantitative estimate of drug-likeness (QED) is 0.437. The van der Waals surface area contributed by atoms with Crippen LogP contribution >= 0.6 is 0 Å². The molecule has 0 unspecified atom stereocenters. The minimum Gasteiger partial charge on any atom is -0.496 e. The molecule has 1 atom stereocenters. The minimum absolute atomic E-state index is 0.0380. The number of aromatic nitrogens is 4. The molecule has 0 bridgehead atoms. The Morgan fingerprint density at radius 1 is 1.29 bits per heavy atom. The number of nitrogens with zero attached hydrogens (tertiary/aromatic N) is 5. The van der Waals surface area contributed by atoms with Crippen molar-refractivity contribution in [3.63, 3.8) is 0 Å². The summed E-state index contributed by atoms with van der Waals surface area (Å²) < 4.78 is 6.90. The van der Waals surface area contributed by atoms with E-state index in [4.69, 9.17) is 10.5 Å². The number of nitrogens with one attached hydrogen (secondary N) is 2. The Morgan fingerprint density at radius 3 is 2.77 bits per heavy atom. The molecule has 186 valence electrons. The van der Waals surface area contributed by atoms with Gasteiger partial charge in [0.2, 0.25) is 5.95 Å². The third kappa shape index (κ3) is 5.35. The van der Waals surface area contributed by atoms with Crippen molar-refractivity contribution < 1.29 is 9.53 Å². The first-order chi connectivity index (χ1) is 16.9. The molecule has 1 aromatic carbocycles. The molecule has 35 heavy (non-hydrogen) atoms. The minimum atomic E-state index is -0.336. The van der Waals surface area contributed by atoms with Crippen LogP contribution in [0.1, 0.15) is 42.6 Å². The lowest BCUT2D eigenvalue weighted by molar-refractivity contribution is 0.0735. The molecule has 1 saturated heterocycles. The molecular weight excluding hydrogens is 448 g/mol. The number of piperazine rings is 1. The summed E-state index contributed by atoms with van der Waals surface area (Å²) in [6, 6.07) is 5.39. The monoisotopic (exact) mass is 480 g/mol. The summed E-state index contributed by atoms with van der Waals surface area (Å²) in [5, 5.41) is 11.2. The van der Waals surface area contributed by atoms with Gasteiger partial charge in [0.15, 0.2) is 0 Å². The van der Waals surface area contributed by atoms with Crippen LogP contribution < -0.4 is 26.7 Å². The molecule has 2 aromatic heterocycles. The Labute approximate surface area is 203 Å². The Balaban J connectivity index is 1.66. The number of fused-ring (bicyclic) bond motifs is 1. The predicted octanol–water partition coefficient (Wildman–Crippen LogP) is 1.47. The Morgan fingerprint density at radius 2 is 2.06 bits per heavy atom. The molecule has 11 heteroatoms. The molecular formula is C24H32N8O3. The number of nitrogen functional groups attached to an aromatic ring is 1. The summed E-state index contributed by atoms with van der Waals surface area (Å²) in [4.78, 5) is 36.6. The number of carbonyl (C=O) groups is 1. The van der Waals surface area contributed by atoms with Gasteiger partial charge in [-0.2, -0.15) is 10.1 Å². The van der Waals surface area contributed by atoms with E-state index in [9.17, 15) is 9.59 Å². The van der Waals surface area contributed by atoms with Gasteiger partial charge in [-0.3, -0.25) is 9.59 Å². The van der Waals surface area contributed by atoms with Crippen LogP contribution in [0.4, 0.5) is 11.8 Å². The topological polar surface area (TPSA) is 140 Å². The Bertz CT molecular complexity index is 1270. The highest BCUT2D eigenvalue weighted by atomic mass is 16.5. The van der Waals surface area contributed by atoms with E-state index in [2.05, 4.69) is 32.6 Å². The lowest BCUT2D eigenvalue weighted by atomic mass is 10.1. The molecule has 0 radical (unpaired) electrons. The van der Waals surface area contributed by atoms with E-state index < -0.39 is 0 Å². The zero-order chi connectivity index (χ0) is 24.9. The summed E-state index contributed by atoms with van der Waals surface area (Å²) >= 11 is 0. The second kappa shape index (κ2) is 10.7. The number of benzene rings is 1. The van der Waals surface area contributed by atoms with Gasteiger partial charge in [0.25, 0.3) is 11.5 Å². The van der Waals surface area contributed by atoms with Crippen LogP contribution in [-0.2, 0) is 6.54 Å². The van der Waals surface area contributed by atoms with Gasteiger partial charge in [0.05, 0.1) is 19.9 Å². The van der Waals surface area contributed by atoms with Crippen LogP contribution in [0.25, 0.3) is 10.9 Å². The van der Waals surface area contributed by atoms with Crippen molar-refractivity contribution in [2.75, 3.05) is 44.3 Å². The van der Waals surface area contributed by atoms with Crippen LogP contribution in [0.2, 0.25) is 0 Å². The maximum Gasteiger partial charge on any atom is 0.280 e. The molecule has 0 saturated carbocycles. The maximum absolute atomic E-state index is 13.4. The van der Waals surface area contributed by atoms with E-state index in [1.165, 1.54) is 10.9 Å².